The number of rotatable bonds is 6. The first kappa shape index (κ1) is 16.1. The van der Waals surface area contributed by atoms with Crippen LogP contribution in [-0.4, -0.2) is 24.1 Å². The van der Waals surface area contributed by atoms with Crippen molar-refractivity contribution in [2.24, 2.45) is 0 Å². The van der Waals surface area contributed by atoms with E-state index >= 15 is 0 Å². The van der Waals surface area contributed by atoms with Crippen LogP contribution < -0.4 is 10.6 Å². The molecule has 3 N–H and O–H groups in total. The molecule has 0 aliphatic heterocycles. The highest BCUT2D eigenvalue weighted by Gasteiger charge is 2.04. The van der Waals surface area contributed by atoms with Crippen molar-refractivity contribution in [1.82, 2.24) is 15.6 Å². The smallest absolute Gasteiger partial charge is 0.314 e. The van der Waals surface area contributed by atoms with Gasteiger partial charge in [-0.1, -0.05) is 18.2 Å². The zero-order valence-electron chi connectivity index (χ0n) is 12.6. The highest BCUT2D eigenvalue weighted by Crippen LogP contribution is 2.22. The second-order valence-corrected chi connectivity index (χ2v) is 7.80. The molecule has 0 spiro atoms. The summed E-state index contributed by atoms with van der Waals surface area (Å²) in [6.07, 6.45) is 3.68. The van der Waals surface area contributed by atoms with Crippen molar-refractivity contribution in [1.29, 1.82) is 0 Å². The summed E-state index contributed by atoms with van der Waals surface area (Å²) in [5.74, 6) is 0. The fraction of sp³-hybridized carbons (Fsp3) is 0.235. The number of H-pyrrole nitrogens is 1. The van der Waals surface area contributed by atoms with Crippen LogP contribution in [0.1, 0.15) is 10.4 Å². The van der Waals surface area contributed by atoms with Crippen molar-refractivity contribution in [3.63, 3.8) is 0 Å². The molecular formula is C17H18BrN3OS. The number of nitrogens with one attached hydrogen (secondary N) is 3. The third kappa shape index (κ3) is 4.36. The molecule has 0 saturated heterocycles. The van der Waals surface area contributed by atoms with E-state index in [-0.39, 0.29) is 6.03 Å². The normalized spacial score (nSPS) is 10.8. The van der Waals surface area contributed by atoms with Gasteiger partial charge in [-0.15, -0.1) is 11.3 Å². The molecule has 2 amide bonds. The summed E-state index contributed by atoms with van der Waals surface area (Å²) in [5, 5.41) is 7.02. The lowest BCUT2D eigenvalue weighted by molar-refractivity contribution is 0.241. The van der Waals surface area contributed by atoms with Gasteiger partial charge >= 0.3 is 6.03 Å². The summed E-state index contributed by atoms with van der Waals surface area (Å²) < 4.78 is 1.12. The summed E-state index contributed by atoms with van der Waals surface area (Å²) >= 11 is 5.14. The lowest BCUT2D eigenvalue weighted by atomic mass is 10.1. The highest BCUT2D eigenvalue weighted by atomic mass is 79.9. The molecule has 1 aromatic carbocycles. The van der Waals surface area contributed by atoms with E-state index in [2.05, 4.69) is 49.7 Å². The number of hydrogen-bond acceptors (Lipinski definition) is 2. The van der Waals surface area contributed by atoms with Gasteiger partial charge in [-0.3, -0.25) is 0 Å². The minimum absolute atomic E-state index is 0.111. The lowest BCUT2D eigenvalue weighted by Crippen LogP contribution is -2.37. The van der Waals surface area contributed by atoms with Gasteiger partial charge in [0.15, 0.2) is 0 Å². The number of fused-ring (bicyclic) bond motifs is 1. The van der Waals surface area contributed by atoms with Crippen LogP contribution in [0.3, 0.4) is 0 Å². The minimum Gasteiger partial charge on any atom is -0.361 e. The third-order valence-corrected chi connectivity index (χ3v) is 5.32. The van der Waals surface area contributed by atoms with Crippen molar-refractivity contribution in [2.75, 3.05) is 13.1 Å². The predicted molar refractivity (Wildman–Crippen MR) is 99.1 cm³/mol. The number of para-hydroxylation sites is 1. The molecule has 0 fully saturated rings. The number of aromatic nitrogens is 1. The van der Waals surface area contributed by atoms with E-state index in [1.54, 1.807) is 11.3 Å². The Hall–Kier alpha value is -1.79. The van der Waals surface area contributed by atoms with Gasteiger partial charge in [0.1, 0.15) is 0 Å². The van der Waals surface area contributed by atoms with E-state index in [1.807, 2.05) is 24.4 Å². The van der Waals surface area contributed by atoms with E-state index in [1.165, 1.54) is 15.8 Å². The largest absolute Gasteiger partial charge is 0.361 e. The number of amides is 2. The van der Waals surface area contributed by atoms with E-state index < -0.39 is 0 Å². The number of benzene rings is 1. The molecule has 2 aromatic heterocycles. The Bertz CT molecular complexity index is 796. The number of hydrogen-bond donors (Lipinski definition) is 3. The summed E-state index contributed by atoms with van der Waals surface area (Å²) in [6, 6.07) is 12.2. The zero-order valence-corrected chi connectivity index (χ0v) is 15.0. The highest BCUT2D eigenvalue weighted by molar-refractivity contribution is 9.11. The molecule has 120 valence electrons. The van der Waals surface area contributed by atoms with Crippen LogP contribution in [0.4, 0.5) is 4.79 Å². The first-order valence-electron chi connectivity index (χ1n) is 7.53. The maximum atomic E-state index is 11.8. The summed E-state index contributed by atoms with van der Waals surface area (Å²) in [7, 11) is 0. The van der Waals surface area contributed by atoms with E-state index in [0.29, 0.717) is 13.1 Å². The van der Waals surface area contributed by atoms with Crippen LogP contribution in [0, 0.1) is 0 Å². The monoisotopic (exact) mass is 391 g/mol. The van der Waals surface area contributed by atoms with Gasteiger partial charge in [0.25, 0.3) is 0 Å². The summed E-state index contributed by atoms with van der Waals surface area (Å²) in [6.45, 7) is 1.27. The molecule has 0 saturated carbocycles. The fourth-order valence-electron chi connectivity index (χ4n) is 2.50. The molecule has 0 unspecified atom stereocenters. The molecule has 6 heteroatoms. The van der Waals surface area contributed by atoms with Crippen LogP contribution in [0.25, 0.3) is 10.9 Å². The first-order chi connectivity index (χ1) is 11.2. The SMILES string of the molecule is O=C(NCCc1ccc(Br)s1)NCCc1c[nH]c2ccccc12. The molecule has 0 bridgehead atoms. The molecule has 23 heavy (non-hydrogen) atoms. The number of carbonyl (C=O) groups is 1. The molecule has 2 heterocycles. The zero-order chi connectivity index (χ0) is 16.1. The number of urea groups is 1. The van der Waals surface area contributed by atoms with Gasteiger partial charge in [-0.05, 0) is 52.5 Å². The van der Waals surface area contributed by atoms with E-state index in [4.69, 9.17) is 0 Å². The molecule has 4 nitrogen and oxygen atoms in total. The van der Waals surface area contributed by atoms with Crippen LogP contribution in [0.2, 0.25) is 0 Å². The summed E-state index contributed by atoms with van der Waals surface area (Å²) in [5.41, 5.74) is 2.36. The molecule has 3 rings (SSSR count). The van der Waals surface area contributed by atoms with Gasteiger partial charge in [-0.2, -0.15) is 0 Å². The first-order valence-corrected chi connectivity index (χ1v) is 9.14. The number of aromatic amines is 1. The maximum absolute atomic E-state index is 11.8. The lowest BCUT2D eigenvalue weighted by Gasteiger charge is -2.06. The summed E-state index contributed by atoms with van der Waals surface area (Å²) in [4.78, 5) is 16.3. The average Bonchev–Trinajstić information content (AvgIpc) is 3.14. The molecule has 0 aliphatic carbocycles. The van der Waals surface area contributed by atoms with Crippen molar-refractivity contribution in [3.8, 4) is 0 Å². The van der Waals surface area contributed by atoms with Crippen LogP contribution in [0.5, 0.6) is 0 Å². The second-order valence-electron chi connectivity index (χ2n) is 5.25. The van der Waals surface area contributed by atoms with Gasteiger partial charge in [0, 0.05) is 35.1 Å². The predicted octanol–water partition coefficient (Wildman–Crippen LogP) is 4.08. The van der Waals surface area contributed by atoms with Crippen molar-refractivity contribution < 1.29 is 4.79 Å². The maximum Gasteiger partial charge on any atom is 0.314 e. The van der Waals surface area contributed by atoms with Crippen molar-refractivity contribution in [3.05, 3.63) is 56.8 Å². The molecule has 0 radical (unpaired) electrons. The molecule has 0 atom stereocenters. The Morgan fingerprint density at radius 2 is 1.87 bits per heavy atom. The van der Waals surface area contributed by atoms with E-state index in [0.717, 1.165) is 22.1 Å². The van der Waals surface area contributed by atoms with Gasteiger partial charge in [0.2, 0.25) is 0 Å². The van der Waals surface area contributed by atoms with Crippen LogP contribution >= 0.6 is 27.3 Å². The van der Waals surface area contributed by atoms with Crippen LogP contribution in [-0.2, 0) is 12.8 Å². The Kier molecular flexibility index (Phi) is 5.35. The minimum atomic E-state index is -0.111. The molecule has 3 aromatic rings. The Morgan fingerprint density at radius 1 is 1.09 bits per heavy atom. The van der Waals surface area contributed by atoms with E-state index in [9.17, 15) is 4.79 Å². The van der Waals surface area contributed by atoms with Crippen molar-refractivity contribution in [2.45, 2.75) is 12.8 Å². The van der Waals surface area contributed by atoms with Gasteiger partial charge in [0.05, 0.1) is 3.79 Å². The second kappa shape index (κ2) is 7.66. The van der Waals surface area contributed by atoms with Crippen LogP contribution in [0.15, 0.2) is 46.4 Å². The molecule has 0 aliphatic rings. The molecular weight excluding hydrogens is 374 g/mol. The third-order valence-electron chi connectivity index (χ3n) is 3.64. The quantitative estimate of drug-likeness (QED) is 0.582. The Labute approximate surface area is 147 Å². The Balaban J connectivity index is 1.39. The van der Waals surface area contributed by atoms with Crippen molar-refractivity contribution >= 4 is 44.2 Å². The topological polar surface area (TPSA) is 56.9 Å². The number of carbonyl (C=O) groups excluding carboxylic acids is 1. The van der Waals surface area contributed by atoms with Gasteiger partial charge in [-0.25, -0.2) is 4.79 Å². The Morgan fingerprint density at radius 3 is 2.65 bits per heavy atom. The van der Waals surface area contributed by atoms with Gasteiger partial charge < -0.3 is 15.6 Å². The average molecular weight is 392 g/mol. The number of halogens is 1. The number of thiophene rings is 1. The standard InChI is InChI=1S/C17H18BrN3OS/c18-16-6-5-13(23-16)8-10-20-17(22)19-9-7-12-11-21-15-4-2-1-3-14(12)15/h1-6,11,21H,7-10H2,(H2,19,20,22). The fourth-order valence-corrected chi connectivity index (χ4v) is 3.98.